The van der Waals surface area contributed by atoms with Crippen LogP contribution in [0, 0.1) is 0 Å². The topological polar surface area (TPSA) is 17.8 Å². The van der Waals surface area contributed by atoms with Crippen LogP contribution in [0.1, 0.15) is 18.5 Å². The summed E-state index contributed by atoms with van der Waals surface area (Å²) in [6.07, 6.45) is 7.80. The second-order valence-electron chi connectivity index (χ2n) is 3.66. The predicted octanol–water partition coefficient (Wildman–Crippen LogP) is 2.37. The van der Waals surface area contributed by atoms with Crippen molar-refractivity contribution in [3.05, 3.63) is 30.2 Å². The Hall–Kier alpha value is -1.31. The van der Waals surface area contributed by atoms with Gasteiger partial charge in [-0.05, 0) is 31.4 Å². The van der Waals surface area contributed by atoms with Gasteiger partial charge in [0.25, 0.3) is 0 Å². The van der Waals surface area contributed by atoms with Gasteiger partial charge in [0.2, 0.25) is 0 Å². The van der Waals surface area contributed by atoms with Crippen molar-refractivity contribution in [1.82, 2.24) is 9.55 Å². The molecule has 0 bridgehead atoms. The van der Waals surface area contributed by atoms with Crippen molar-refractivity contribution in [1.29, 1.82) is 0 Å². The molecule has 0 saturated carbocycles. The summed E-state index contributed by atoms with van der Waals surface area (Å²) in [7, 11) is 0. The third-order valence-corrected chi connectivity index (χ3v) is 2.82. The fourth-order valence-corrected chi connectivity index (χ4v) is 2.17. The highest BCUT2D eigenvalue weighted by molar-refractivity contribution is 5.82. The normalized spacial score (nSPS) is 16.0. The van der Waals surface area contributed by atoms with Crippen molar-refractivity contribution in [2.24, 2.45) is 0 Å². The maximum absolute atomic E-state index is 4.45. The Morgan fingerprint density at radius 2 is 2.23 bits per heavy atom. The summed E-state index contributed by atoms with van der Waals surface area (Å²) in [6.45, 7) is 1.15. The van der Waals surface area contributed by atoms with E-state index in [2.05, 4.69) is 27.9 Å². The average molecular weight is 172 g/mol. The minimum absolute atomic E-state index is 1.14. The van der Waals surface area contributed by atoms with E-state index in [0.717, 1.165) is 13.0 Å². The zero-order valence-corrected chi connectivity index (χ0v) is 7.53. The van der Waals surface area contributed by atoms with Crippen LogP contribution < -0.4 is 0 Å². The Morgan fingerprint density at radius 3 is 3.23 bits per heavy atom. The summed E-state index contributed by atoms with van der Waals surface area (Å²) in [5.74, 6) is 0. The average Bonchev–Trinajstić information content (AvgIpc) is 2.44. The molecule has 2 nitrogen and oxygen atoms in total. The molecule has 0 spiro atoms. The molecule has 0 radical (unpaired) electrons. The van der Waals surface area contributed by atoms with Crippen LogP contribution in [0.2, 0.25) is 0 Å². The highest BCUT2D eigenvalue weighted by Gasteiger charge is 2.10. The third-order valence-electron chi connectivity index (χ3n) is 2.82. The number of aromatic nitrogens is 2. The lowest BCUT2D eigenvalue weighted by Crippen LogP contribution is -1.94. The molecular formula is C11H12N2. The first-order valence-corrected chi connectivity index (χ1v) is 4.88. The number of nitrogens with zero attached hydrogens (tertiary/aromatic N) is 2. The number of hydrogen-bond donors (Lipinski definition) is 0. The van der Waals surface area contributed by atoms with E-state index in [4.69, 9.17) is 0 Å². The minimum Gasteiger partial charge on any atom is -0.346 e. The quantitative estimate of drug-likeness (QED) is 0.596. The van der Waals surface area contributed by atoms with Gasteiger partial charge in [0.1, 0.15) is 0 Å². The van der Waals surface area contributed by atoms with E-state index in [1.165, 1.54) is 29.4 Å². The summed E-state index contributed by atoms with van der Waals surface area (Å²) < 4.78 is 2.34. The van der Waals surface area contributed by atoms with Crippen molar-refractivity contribution in [2.75, 3.05) is 0 Å². The van der Waals surface area contributed by atoms with Gasteiger partial charge in [-0.2, -0.15) is 0 Å². The summed E-state index contributed by atoms with van der Waals surface area (Å²) in [5, 5.41) is 1.34. The van der Waals surface area contributed by atoms with Crippen LogP contribution in [-0.2, 0) is 13.0 Å². The van der Waals surface area contributed by atoms with Crippen LogP contribution in [-0.4, -0.2) is 9.55 Å². The molecule has 0 aromatic carbocycles. The highest BCUT2D eigenvalue weighted by Crippen LogP contribution is 2.23. The first-order valence-electron chi connectivity index (χ1n) is 4.88. The molecule has 0 aliphatic carbocycles. The molecule has 0 atom stereocenters. The molecule has 3 heterocycles. The highest BCUT2D eigenvalue weighted by atomic mass is 15.0. The summed E-state index contributed by atoms with van der Waals surface area (Å²) >= 11 is 0. The Balaban J connectivity index is 2.40. The van der Waals surface area contributed by atoms with Gasteiger partial charge < -0.3 is 4.57 Å². The number of hydrogen-bond acceptors (Lipinski definition) is 1. The molecular weight excluding hydrogens is 160 g/mol. The van der Waals surface area contributed by atoms with Gasteiger partial charge in [0.05, 0.1) is 11.2 Å². The fraction of sp³-hybridized carbons (Fsp3) is 0.364. The van der Waals surface area contributed by atoms with E-state index in [9.17, 15) is 0 Å². The Labute approximate surface area is 77.2 Å². The van der Waals surface area contributed by atoms with E-state index < -0.39 is 0 Å². The second kappa shape index (κ2) is 2.59. The molecule has 2 heteroatoms. The number of aryl methyl sites for hydroxylation is 2. The van der Waals surface area contributed by atoms with E-state index >= 15 is 0 Å². The molecule has 0 fully saturated rings. The van der Waals surface area contributed by atoms with Crippen LogP contribution in [0.3, 0.4) is 0 Å². The van der Waals surface area contributed by atoms with Gasteiger partial charge in [-0.15, -0.1) is 0 Å². The molecule has 66 valence electrons. The van der Waals surface area contributed by atoms with Crippen molar-refractivity contribution in [2.45, 2.75) is 25.8 Å². The zero-order valence-electron chi connectivity index (χ0n) is 7.53. The largest absolute Gasteiger partial charge is 0.346 e. The zero-order chi connectivity index (χ0) is 8.67. The Bertz CT molecular complexity index is 442. The van der Waals surface area contributed by atoms with Crippen LogP contribution >= 0.6 is 0 Å². The fourth-order valence-electron chi connectivity index (χ4n) is 2.17. The smallest absolute Gasteiger partial charge is 0.0699 e. The second-order valence-corrected chi connectivity index (χ2v) is 3.66. The van der Waals surface area contributed by atoms with E-state index in [0.29, 0.717) is 0 Å². The van der Waals surface area contributed by atoms with E-state index in [1.807, 2.05) is 6.20 Å². The monoisotopic (exact) mass is 172 g/mol. The minimum atomic E-state index is 1.14. The molecule has 0 unspecified atom stereocenters. The van der Waals surface area contributed by atoms with E-state index in [1.54, 1.807) is 0 Å². The van der Waals surface area contributed by atoms with Gasteiger partial charge >= 0.3 is 0 Å². The molecule has 2 aromatic rings. The summed E-state index contributed by atoms with van der Waals surface area (Å²) in [4.78, 5) is 4.45. The molecule has 3 rings (SSSR count). The summed E-state index contributed by atoms with van der Waals surface area (Å²) in [5.41, 5.74) is 2.64. The van der Waals surface area contributed by atoms with E-state index in [-0.39, 0.29) is 0 Å². The first-order chi connectivity index (χ1) is 6.45. The van der Waals surface area contributed by atoms with Gasteiger partial charge in [-0.1, -0.05) is 0 Å². The molecule has 1 aliphatic rings. The maximum Gasteiger partial charge on any atom is 0.0699 e. The lowest BCUT2D eigenvalue weighted by molar-refractivity contribution is 0.643. The van der Waals surface area contributed by atoms with Gasteiger partial charge in [0, 0.05) is 24.3 Å². The predicted molar refractivity (Wildman–Crippen MR) is 52.7 cm³/mol. The van der Waals surface area contributed by atoms with Crippen molar-refractivity contribution in [3.8, 4) is 0 Å². The molecule has 1 aliphatic heterocycles. The standard InChI is InChI=1S/C11H12N2/c1-2-7-13-8-5-9-4-6-12-10(3-1)11(9)13/h4-6,8H,1-3,7H2. The van der Waals surface area contributed by atoms with Gasteiger partial charge in [0.15, 0.2) is 0 Å². The Morgan fingerprint density at radius 1 is 1.23 bits per heavy atom. The van der Waals surface area contributed by atoms with Crippen molar-refractivity contribution in [3.63, 3.8) is 0 Å². The maximum atomic E-state index is 4.45. The molecule has 13 heavy (non-hydrogen) atoms. The molecule has 0 N–H and O–H groups in total. The van der Waals surface area contributed by atoms with Gasteiger partial charge in [-0.25, -0.2) is 0 Å². The molecule has 2 aromatic heterocycles. The SMILES string of the molecule is c1cc2ccn3c2c(n1)CCCC3. The van der Waals surface area contributed by atoms with Crippen LogP contribution in [0.15, 0.2) is 24.5 Å². The molecule has 0 amide bonds. The lowest BCUT2D eigenvalue weighted by atomic mass is 10.1. The van der Waals surface area contributed by atoms with Crippen LogP contribution in [0.25, 0.3) is 10.9 Å². The van der Waals surface area contributed by atoms with Crippen molar-refractivity contribution >= 4 is 10.9 Å². The van der Waals surface area contributed by atoms with Gasteiger partial charge in [-0.3, -0.25) is 4.98 Å². The molecule has 0 saturated heterocycles. The third kappa shape index (κ3) is 0.981. The Kier molecular flexibility index (Phi) is 1.42. The van der Waals surface area contributed by atoms with Crippen molar-refractivity contribution < 1.29 is 0 Å². The number of pyridine rings is 1. The lowest BCUT2D eigenvalue weighted by Gasteiger charge is -2.01. The first kappa shape index (κ1) is 7.13. The summed E-state index contributed by atoms with van der Waals surface area (Å²) in [6, 6.07) is 4.28. The van der Waals surface area contributed by atoms with Crippen LogP contribution in [0.4, 0.5) is 0 Å². The van der Waals surface area contributed by atoms with Crippen LogP contribution in [0.5, 0.6) is 0 Å². The number of rotatable bonds is 0.